The lowest BCUT2D eigenvalue weighted by Gasteiger charge is -2.19. The topological polar surface area (TPSA) is 51.0 Å². The molecule has 0 aromatic carbocycles. The van der Waals surface area contributed by atoms with Crippen LogP contribution in [0.15, 0.2) is 4.52 Å². The van der Waals surface area contributed by atoms with Crippen molar-refractivity contribution in [2.24, 2.45) is 0 Å². The minimum absolute atomic E-state index is 0.382. The van der Waals surface area contributed by atoms with Crippen LogP contribution >= 0.6 is 0 Å². The lowest BCUT2D eigenvalue weighted by atomic mass is 9.97. The fourth-order valence-electron chi connectivity index (χ4n) is 1.87. The minimum Gasteiger partial charge on any atom is -0.339 e. The van der Waals surface area contributed by atoms with E-state index in [0.717, 1.165) is 44.1 Å². The summed E-state index contributed by atoms with van der Waals surface area (Å²) in [5.74, 6) is 2.58. The lowest BCUT2D eigenvalue weighted by Crippen LogP contribution is -2.27. The van der Waals surface area contributed by atoms with E-state index in [2.05, 4.69) is 29.3 Å². The molecule has 4 nitrogen and oxygen atoms in total. The van der Waals surface area contributed by atoms with Gasteiger partial charge < -0.3 is 9.84 Å². The fourth-order valence-corrected chi connectivity index (χ4v) is 1.87. The highest BCUT2D eigenvalue weighted by Gasteiger charge is 2.21. The van der Waals surface area contributed by atoms with Crippen molar-refractivity contribution in [1.82, 2.24) is 15.5 Å². The molecule has 0 spiro atoms. The molecule has 1 saturated heterocycles. The molecular formula is C11H19N3O. The predicted octanol–water partition coefficient (Wildman–Crippen LogP) is 2.05. The van der Waals surface area contributed by atoms with Crippen LogP contribution in [-0.2, 0) is 0 Å². The molecule has 0 bridgehead atoms. The molecule has 1 aromatic heterocycles. The van der Waals surface area contributed by atoms with E-state index in [-0.39, 0.29) is 0 Å². The van der Waals surface area contributed by atoms with Crippen LogP contribution in [0.25, 0.3) is 0 Å². The average Bonchev–Trinajstić information content (AvgIpc) is 2.78. The highest BCUT2D eigenvalue weighted by Crippen LogP contribution is 2.24. The van der Waals surface area contributed by atoms with E-state index >= 15 is 0 Å². The summed E-state index contributed by atoms with van der Waals surface area (Å²) in [7, 11) is 0. The third kappa shape index (κ3) is 2.37. The molecule has 0 aliphatic carbocycles. The number of aromatic nitrogens is 2. The normalized spacial score (nSPS) is 20.4. The largest absolute Gasteiger partial charge is 0.339 e. The number of hydrogen-bond acceptors (Lipinski definition) is 4. The van der Waals surface area contributed by atoms with E-state index < -0.39 is 0 Å². The molecule has 1 fully saturated rings. The van der Waals surface area contributed by atoms with Crippen LogP contribution in [-0.4, -0.2) is 23.2 Å². The molecule has 2 rings (SSSR count). The standard InChI is InChI=1S/C11H19N3O/c1-3-8(2)11-13-10(14-15-11)9-4-6-12-7-5-9/h8-9,12H,3-7H2,1-2H3. The van der Waals surface area contributed by atoms with Crippen molar-refractivity contribution in [3.63, 3.8) is 0 Å². The van der Waals surface area contributed by atoms with E-state index in [1.165, 1.54) is 0 Å². The van der Waals surface area contributed by atoms with Crippen LogP contribution in [0.4, 0.5) is 0 Å². The molecule has 1 aromatic rings. The van der Waals surface area contributed by atoms with Gasteiger partial charge in [0.15, 0.2) is 5.82 Å². The summed E-state index contributed by atoms with van der Waals surface area (Å²) in [5.41, 5.74) is 0. The molecule has 1 N–H and O–H groups in total. The molecule has 15 heavy (non-hydrogen) atoms. The summed E-state index contributed by atoms with van der Waals surface area (Å²) in [5, 5.41) is 7.43. The Morgan fingerprint density at radius 2 is 2.20 bits per heavy atom. The molecule has 4 heteroatoms. The van der Waals surface area contributed by atoms with Crippen LogP contribution in [0.1, 0.15) is 56.7 Å². The van der Waals surface area contributed by atoms with Gasteiger partial charge in [-0.15, -0.1) is 0 Å². The summed E-state index contributed by atoms with van der Waals surface area (Å²) < 4.78 is 5.29. The van der Waals surface area contributed by atoms with Crippen LogP contribution < -0.4 is 5.32 Å². The monoisotopic (exact) mass is 209 g/mol. The third-order valence-corrected chi connectivity index (χ3v) is 3.20. The van der Waals surface area contributed by atoms with Crippen molar-refractivity contribution >= 4 is 0 Å². The van der Waals surface area contributed by atoms with Gasteiger partial charge in [-0.05, 0) is 32.4 Å². The van der Waals surface area contributed by atoms with Crippen LogP contribution in [0.3, 0.4) is 0 Å². The van der Waals surface area contributed by atoms with Crippen molar-refractivity contribution in [3.8, 4) is 0 Å². The first-order valence-electron chi connectivity index (χ1n) is 5.85. The number of hydrogen-bond donors (Lipinski definition) is 1. The average molecular weight is 209 g/mol. The molecule has 1 unspecified atom stereocenters. The first kappa shape index (κ1) is 10.6. The van der Waals surface area contributed by atoms with Crippen molar-refractivity contribution < 1.29 is 4.52 Å². The molecule has 0 radical (unpaired) electrons. The van der Waals surface area contributed by atoms with Gasteiger partial charge in [0.1, 0.15) is 0 Å². The molecule has 2 heterocycles. The zero-order chi connectivity index (χ0) is 10.7. The van der Waals surface area contributed by atoms with Gasteiger partial charge in [0.05, 0.1) is 0 Å². The summed E-state index contributed by atoms with van der Waals surface area (Å²) >= 11 is 0. The Bertz CT molecular complexity index is 305. The molecule has 0 amide bonds. The second kappa shape index (κ2) is 4.75. The van der Waals surface area contributed by atoms with Gasteiger partial charge in [-0.2, -0.15) is 4.98 Å². The van der Waals surface area contributed by atoms with Crippen molar-refractivity contribution in [3.05, 3.63) is 11.7 Å². The number of rotatable bonds is 3. The zero-order valence-corrected chi connectivity index (χ0v) is 9.49. The summed E-state index contributed by atoms with van der Waals surface area (Å²) in [6, 6.07) is 0. The SMILES string of the molecule is CCC(C)c1nc(C2CCNCC2)no1. The van der Waals surface area contributed by atoms with Gasteiger partial charge in [0.2, 0.25) is 5.89 Å². The minimum atomic E-state index is 0.382. The highest BCUT2D eigenvalue weighted by atomic mass is 16.5. The third-order valence-electron chi connectivity index (χ3n) is 3.20. The zero-order valence-electron chi connectivity index (χ0n) is 9.49. The van der Waals surface area contributed by atoms with E-state index in [1.807, 2.05) is 0 Å². The van der Waals surface area contributed by atoms with Crippen molar-refractivity contribution in [2.45, 2.75) is 44.9 Å². The first-order valence-corrected chi connectivity index (χ1v) is 5.85. The molecule has 1 atom stereocenters. The predicted molar refractivity (Wildman–Crippen MR) is 57.8 cm³/mol. The van der Waals surface area contributed by atoms with Gasteiger partial charge in [0.25, 0.3) is 0 Å². The Morgan fingerprint density at radius 3 is 2.87 bits per heavy atom. The molecule has 1 aliphatic rings. The summed E-state index contributed by atoms with van der Waals surface area (Å²) in [4.78, 5) is 4.50. The molecule has 1 aliphatic heterocycles. The van der Waals surface area contributed by atoms with E-state index in [4.69, 9.17) is 4.52 Å². The first-order chi connectivity index (χ1) is 7.31. The Kier molecular flexibility index (Phi) is 3.36. The van der Waals surface area contributed by atoms with Gasteiger partial charge >= 0.3 is 0 Å². The van der Waals surface area contributed by atoms with E-state index in [1.54, 1.807) is 0 Å². The number of nitrogens with zero attached hydrogens (tertiary/aromatic N) is 2. The van der Waals surface area contributed by atoms with Gasteiger partial charge in [-0.25, -0.2) is 0 Å². The second-order valence-electron chi connectivity index (χ2n) is 4.32. The second-order valence-corrected chi connectivity index (χ2v) is 4.32. The number of nitrogens with one attached hydrogen (secondary N) is 1. The van der Waals surface area contributed by atoms with E-state index in [9.17, 15) is 0 Å². The Balaban J connectivity index is 2.05. The molecular weight excluding hydrogens is 190 g/mol. The Labute approximate surface area is 90.4 Å². The van der Waals surface area contributed by atoms with Crippen molar-refractivity contribution in [2.75, 3.05) is 13.1 Å². The van der Waals surface area contributed by atoms with Gasteiger partial charge in [0, 0.05) is 11.8 Å². The quantitative estimate of drug-likeness (QED) is 0.827. The van der Waals surface area contributed by atoms with Crippen LogP contribution in [0.2, 0.25) is 0 Å². The van der Waals surface area contributed by atoms with Crippen LogP contribution in [0, 0.1) is 0 Å². The number of piperidine rings is 1. The van der Waals surface area contributed by atoms with Gasteiger partial charge in [-0.1, -0.05) is 19.0 Å². The van der Waals surface area contributed by atoms with Gasteiger partial charge in [-0.3, -0.25) is 0 Å². The molecule has 84 valence electrons. The lowest BCUT2D eigenvalue weighted by molar-refractivity contribution is 0.344. The highest BCUT2D eigenvalue weighted by molar-refractivity contribution is 4.99. The smallest absolute Gasteiger partial charge is 0.229 e. The maximum absolute atomic E-state index is 5.29. The fraction of sp³-hybridized carbons (Fsp3) is 0.818. The van der Waals surface area contributed by atoms with E-state index in [0.29, 0.717) is 11.8 Å². The van der Waals surface area contributed by atoms with Crippen molar-refractivity contribution in [1.29, 1.82) is 0 Å². The Hall–Kier alpha value is -0.900. The summed E-state index contributed by atoms with van der Waals surface area (Å²) in [6.07, 6.45) is 3.30. The Morgan fingerprint density at radius 1 is 1.47 bits per heavy atom. The molecule has 0 saturated carbocycles. The summed E-state index contributed by atoms with van der Waals surface area (Å²) in [6.45, 7) is 6.40. The maximum Gasteiger partial charge on any atom is 0.229 e. The maximum atomic E-state index is 5.29. The van der Waals surface area contributed by atoms with Crippen LogP contribution in [0.5, 0.6) is 0 Å².